The van der Waals surface area contributed by atoms with E-state index >= 15 is 0 Å². The minimum absolute atomic E-state index is 0.545. The number of piperidine rings is 1. The molecule has 0 spiro atoms. The highest BCUT2D eigenvalue weighted by atomic mass is 35.5. The van der Waals surface area contributed by atoms with Gasteiger partial charge in [-0.2, -0.15) is 0 Å². The second-order valence-electron chi connectivity index (χ2n) is 4.77. The van der Waals surface area contributed by atoms with E-state index in [1.165, 1.54) is 12.8 Å². The van der Waals surface area contributed by atoms with Crippen LogP contribution >= 0.6 is 11.6 Å². The zero-order valence-corrected chi connectivity index (χ0v) is 10.7. The largest absolute Gasteiger partial charge is 0.301 e. The number of aromatic nitrogens is 1. The summed E-state index contributed by atoms with van der Waals surface area (Å²) in [4.78, 5) is 6.94. The fourth-order valence-electron chi connectivity index (χ4n) is 2.39. The van der Waals surface area contributed by atoms with Gasteiger partial charge in [-0.1, -0.05) is 11.6 Å². The molecule has 1 aromatic rings. The van der Waals surface area contributed by atoms with Gasteiger partial charge in [-0.3, -0.25) is 4.98 Å². The number of nitrogens with zero attached hydrogens (tertiary/aromatic N) is 2. The van der Waals surface area contributed by atoms with Crippen molar-refractivity contribution in [3.8, 4) is 0 Å². The van der Waals surface area contributed by atoms with E-state index in [9.17, 15) is 0 Å². The fraction of sp³-hybridized carbons (Fsp3) is 0.615. The predicted molar refractivity (Wildman–Crippen MR) is 67.9 cm³/mol. The Morgan fingerprint density at radius 3 is 2.62 bits per heavy atom. The van der Waals surface area contributed by atoms with E-state index in [1.807, 2.05) is 18.3 Å². The van der Waals surface area contributed by atoms with E-state index in [0.29, 0.717) is 12.0 Å². The van der Waals surface area contributed by atoms with Crippen molar-refractivity contribution in [2.45, 2.75) is 38.6 Å². The molecule has 0 amide bonds. The normalized spacial score (nSPS) is 19.2. The van der Waals surface area contributed by atoms with Crippen LogP contribution in [0.4, 0.5) is 0 Å². The lowest BCUT2D eigenvalue weighted by Crippen LogP contribution is -2.38. The Balaban J connectivity index is 2.02. The third-order valence-electron chi connectivity index (χ3n) is 3.43. The summed E-state index contributed by atoms with van der Waals surface area (Å²) in [5.41, 5.74) is 1.09. The van der Waals surface area contributed by atoms with Crippen molar-refractivity contribution < 1.29 is 0 Å². The van der Waals surface area contributed by atoms with Crippen molar-refractivity contribution in [1.29, 1.82) is 0 Å². The maximum absolute atomic E-state index is 6.18. The van der Waals surface area contributed by atoms with Gasteiger partial charge in [0.2, 0.25) is 0 Å². The molecular formula is C13H19ClN2. The highest BCUT2D eigenvalue weighted by Gasteiger charge is 2.24. The predicted octanol–water partition coefficient (Wildman–Crippen LogP) is 3.32. The molecule has 88 valence electrons. The molecule has 0 aliphatic carbocycles. The molecule has 0 aromatic carbocycles. The Labute approximate surface area is 103 Å². The van der Waals surface area contributed by atoms with Gasteiger partial charge in [-0.15, -0.1) is 0 Å². The summed E-state index contributed by atoms with van der Waals surface area (Å²) < 4.78 is 0. The Morgan fingerprint density at radius 1 is 1.38 bits per heavy atom. The van der Waals surface area contributed by atoms with E-state index in [2.05, 4.69) is 23.7 Å². The standard InChI is InChI=1S/C13H19ClN2/c1-10(2)16-8-5-11(6-9-16)13-12(14)4-3-7-15-13/h3-4,7,10-11H,5-6,8-9H2,1-2H3. The van der Waals surface area contributed by atoms with Gasteiger partial charge < -0.3 is 4.90 Å². The van der Waals surface area contributed by atoms with Crippen LogP contribution in [0, 0.1) is 0 Å². The summed E-state index contributed by atoms with van der Waals surface area (Å²) in [5, 5.41) is 0.825. The second kappa shape index (κ2) is 5.15. The first kappa shape index (κ1) is 11.9. The first-order chi connectivity index (χ1) is 7.68. The lowest BCUT2D eigenvalue weighted by molar-refractivity contribution is 0.171. The number of likely N-dealkylation sites (tertiary alicyclic amines) is 1. The van der Waals surface area contributed by atoms with Crippen LogP contribution in [0.25, 0.3) is 0 Å². The van der Waals surface area contributed by atoms with Crippen LogP contribution in [0.15, 0.2) is 18.3 Å². The number of rotatable bonds is 2. The van der Waals surface area contributed by atoms with Crippen molar-refractivity contribution >= 4 is 11.6 Å². The van der Waals surface area contributed by atoms with E-state index in [1.54, 1.807) is 0 Å². The summed E-state index contributed by atoms with van der Waals surface area (Å²) in [7, 11) is 0. The van der Waals surface area contributed by atoms with Crippen LogP contribution in [0.2, 0.25) is 5.02 Å². The van der Waals surface area contributed by atoms with Crippen LogP contribution < -0.4 is 0 Å². The molecule has 16 heavy (non-hydrogen) atoms. The molecule has 2 heterocycles. The summed E-state index contributed by atoms with van der Waals surface area (Å²) in [6.07, 6.45) is 4.19. The molecule has 0 atom stereocenters. The molecule has 2 rings (SSSR count). The van der Waals surface area contributed by atoms with Crippen LogP contribution in [-0.4, -0.2) is 29.0 Å². The van der Waals surface area contributed by atoms with Crippen molar-refractivity contribution in [2.24, 2.45) is 0 Å². The van der Waals surface area contributed by atoms with E-state index in [-0.39, 0.29) is 0 Å². The summed E-state index contributed by atoms with van der Waals surface area (Å²) in [6.45, 7) is 6.84. The van der Waals surface area contributed by atoms with E-state index in [4.69, 9.17) is 11.6 Å². The van der Waals surface area contributed by atoms with Crippen molar-refractivity contribution in [3.63, 3.8) is 0 Å². The van der Waals surface area contributed by atoms with Gasteiger partial charge in [0.25, 0.3) is 0 Å². The van der Waals surface area contributed by atoms with Crippen LogP contribution in [0.1, 0.15) is 38.3 Å². The highest BCUT2D eigenvalue weighted by molar-refractivity contribution is 6.31. The van der Waals surface area contributed by atoms with Crippen molar-refractivity contribution in [1.82, 2.24) is 9.88 Å². The Morgan fingerprint density at radius 2 is 2.06 bits per heavy atom. The lowest BCUT2D eigenvalue weighted by atomic mass is 9.92. The Kier molecular flexibility index (Phi) is 3.82. The topological polar surface area (TPSA) is 16.1 Å². The summed E-state index contributed by atoms with van der Waals surface area (Å²) >= 11 is 6.18. The third-order valence-corrected chi connectivity index (χ3v) is 3.75. The van der Waals surface area contributed by atoms with E-state index < -0.39 is 0 Å². The number of halogens is 1. The summed E-state index contributed by atoms with van der Waals surface area (Å²) in [5.74, 6) is 0.545. The van der Waals surface area contributed by atoms with Crippen LogP contribution in [-0.2, 0) is 0 Å². The molecule has 1 aliphatic rings. The van der Waals surface area contributed by atoms with Gasteiger partial charge in [0.05, 0.1) is 10.7 Å². The highest BCUT2D eigenvalue weighted by Crippen LogP contribution is 2.31. The third kappa shape index (κ3) is 2.55. The molecule has 2 nitrogen and oxygen atoms in total. The molecule has 1 fully saturated rings. The quantitative estimate of drug-likeness (QED) is 0.786. The van der Waals surface area contributed by atoms with Gasteiger partial charge in [-0.25, -0.2) is 0 Å². The molecule has 3 heteroatoms. The fourth-order valence-corrected chi connectivity index (χ4v) is 2.66. The smallest absolute Gasteiger partial charge is 0.0624 e. The SMILES string of the molecule is CC(C)N1CCC(c2ncccc2Cl)CC1. The number of hydrogen-bond donors (Lipinski definition) is 0. The Bertz CT molecular complexity index is 344. The maximum Gasteiger partial charge on any atom is 0.0624 e. The average Bonchev–Trinajstić information content (AvgIpc) is 2.30. The maximum atomic E-state index is 6.18. The molecule has 1 aromatic heterocycles. The number of hydrogen-bond acceptors (Lipinski definition) is 2. The van der Waals surface area contributed by atoms with Crippen LogP contribution in [0.3, 0.4) is 0 Å². The molecule has 0 radical (unpaired) electrons. The minimum atomic E-state index is 0.545. The zero-order chi connectivity index (χ0) is 11.5. The van der Waals surface area contributed by atoms with E-state index in [0.717, 1.165) is 23.8 Å². The monoisotopic (exact) mass is 238 g/mol. The summed E-state index contributed by atoms with van der Waals surface area (Å²) in [6, 6.07) is 4.49. The molecule has 1 aliphatic heterocycles. The van der Waals surface area contributed by atoms with Gasteiger partial charge in [0.1, 0.15) is 0 Å². The van der Waals surface area contributed by atoms with Crippen molar-refractivity contribution in [3.05, 3.63) is 29.0 Å². The van der Waals surface area contributed by atoms with Gasteiger partial charge in [0, 0.05) is 18.2 Å². The van der Waals surface area contributed by atoms with Gasteiger partial charge in [-0.05, 0) is 51.9 Å². The second-order valence-corrected chi connectivity index (χ2v) is 5.18. The molecule has 0 bridgehead atoms. The first-order valence-electron chi connectivity index (χ1n) is 6.03. The molecule has 0 saturated carbocycles. The molecule has 1 saturated heterocycles. The first-order valence-corrected chi connectivity index (χ1v) is 6.40. The van der Waals surface area contributed by atoms with Crippen molar-refractivity contribution in [2.75, 3.05) is 13.1 Å². The van der Waals surface area contributed by atoms with Gasteiger partial charge in [0.15, 0.2) is 0 Å². The minimum Gasteiger partial charge on any atom is -0.301 e. The lowest BCUT2D eigenvalue weighted by Gasteiger charge is -2.34. The van der Waals surface area contributed by atoms with Crippen LogP contribution in [0.5, 0.6) is 0 Å². The molecule has 0 unspecified atom stereocenters. The number of pyridine rings is 1. The zero-order valence-electron chi connectivity index (χ0n) is 9.99. The average molecular weight is 239 g/mol. The Hall–Kier alpha value is -0.600. The molecular weight excluding hydrogens is 220 g/mol. The molecule has 0 N–H and O–H groups in total. The van der Waals surface area contributed by atoms with Gasteiger partial charge >= 0.3 is 0 Å².